The molecule has 0 aromatic heterocycles. The largest absolute Gasteiger partial charge is 0.341 e. The zero-order valence-electron chi connectivity index (χ0n) is 11.5. The molecule has 108 valence electrons. The van der Waals surface area contributed by atoms with Crippen molar-refractivity contribution >= 4 is 11.6 Å². The van der Waals surface area contributed by atoms with E-state index in [1.807, 2.05) is 0 Å². The van der Waals surface area contributed by atoms with Gasteiger partial charge in [-0.05, 0) is 37.9 Å². The van der Waals surface area contributed by atoms with Crippen LogP contribution in [0.25, 0.3) is 0 Å². The van der Waals surface area contributed by atoms with Gasteiger partial charge in [-0.3, -0.25) is 14.9 Å². The van der Waals surface area contributed by atoms with Gasteiger partial charge in [0.25, 0.3) is 11.6 Å². The minimum Gasteiger partial charge on any atom is -0.341 e. The number of nitrogens with zero attached hydrogens (tertiary/aromatic N) is 2. The van der Waals surface area contributed by atoms with Crippen LogP contribution < -0.4 is 5.32 Å². The molecular weight excluding hydrogens is 258 g/mol. The van der Waals surface area contributed by atoms with Gasteiger partial charge in [0.05, 0.1) is 4.92 Å². The summed E-state index contributed by atoms with van der Waals surface area (Å²) in [6.45, 7) is 2.64. The summed E-state index contributed by atoms with van der Waals surface area (Å²) < 4.78 is 0. The average Bonchev–Trinajstić information content (AvgIpc) is 2.47. The van der Waals surface area contributed by atoms with E-state index in [-0.39, 0.29) is 11.6 Å². The second-order valence-corrected chi connectivity index (χ2v) is 5.21. The summed E-state index contributed by atoms with van der Waals surface area (Å²) in [5, 5.41) is 14.1. The number of nitro benzene ring substituents is 1. The van der Waals surface area contributed by atoms with E-state index in [4.69, 9.17) is 0 Å². The molecule has 0 bridgehead atoms. The minimum atomic E-state index is -0.484. The topological polar surface area (TPSA) is 75.5 Å². The standard InChI is InChI=1S/C14H19N3O3/c1-16(10-11-4-3-7-15-9-11)14(18)12-5-2-6-13(8-12)17(19)20/h2,5-6,8,11,15H,3-4,7,9-10H2,1H3. The highest BCUT2D eigenvalue weighted by atomic mass is 16.6. The van der Waals surface area contributed by atoms with Crippen LogP contribution in [0, 0.1) is 16.0 Å². The number of rotatable bonds is 4. The van der Waals surface area contributed by atoms with Crippen LogP contribution in [-0.2, 0) is 0 Å². The predicted molar refractivity (Wildman–Crippen MR) is 75.7 cm³/mol. The lowest BCUT2D eigenvalue weighted by Gasteiger charge is -2.27. The molecule has 0 spiro atoms. The number of nitrogens with one attached hydrogen (secondary N) is 1. The first kappa shape index (κ1) is 14.5. The van der Waals surface area contributed by atoms with Crippen LogP contribution in [0.3, 0.4) is 0 Å². The SMILES string of the molecule is CN(CC1CCCNC1)C(=O)c1cccc([N+](=O)[O-])c1. The lowest BCUT2D eigenvalue weighted by Crippen LogP contribution is -2.39. The first-order chi connectivity index (χ1) is 9.58. The van der Waals surface area contributed by atoms with Crippen LogP contribution in [0.2, 0.25) is 0 Å². The Bertz CT molecular complexity index is 498. The average molecular weight is 277 g/mol. The first-order valence-corrected chi connectivity index (χ1v) is 6.78. The summed E-state index contributed by atoms with van der Waals surface area (Å²) in [5.74, 6) is 0.288. The summed E-state index contributed by atoms with van der Waals surface area (Å²) >= 11 is 0. The molecule has 1 N–H and O–H groups in total. The van der Waals surface area contributed by atoms with Gasteiger partial charge in [-0.15, -0.1) is 0 Å². The highest BCUT2D eigenvalue weighted by Crippen LogP contribution is 2.16. The van der Waals surface area contributed by atoms with Crippen LogP contribution in [0.1, 0.15) is 23.2 Å². The van der Waals surface area contributed by atoms with Crippen molar-refractivity contribution in [2.75, 3.05) is 26.7 Å². The van der Waals surface area contributed by atoms with Gasteiger partial charge in [-0.1, -0.05) is 6.07 Å². The van der Waals surface area contributed by atoms with Crippen molar-refractivity contribution in [3.05, 3.63) is 39.9 Å². The molecule has 6 heteroatoms. The third-order valence-electron chi connectivity index (χ3n) is 3.58. The first-order valence-electron chi connectivity index (χ1n) is 6.78. The highest BCUT2D eigenvalue weighted by Gasteiger charge is 2.20. The Morgan fingerprint density at radius 1 is 1.55 bits per heavy atom. The number of hydrogen-bond donors (Lipinski definition) is 1. The molecule has 1 atom stereocenters. The number of non-ortho nitro benzene ring substituents is 1. The Morgan fingerprint density at radius 2 is 2.35 bits per heavy atom. The van der Waals surface area contributed by atoms with Gasteiger partial charge in [-0.25, -0.2) is 0 Å². The molecule has 0 aliphatic carbocycles. The number of carbonyl (C=O) groups is 1. The number of carbonyl (C=O) groups excluding carboxylic acids is 1. The molecule has 1 fully saturated rings. The molecule has 20 heavy (non-hydrogen) atoms. The fraction of sp³-hybridized carbons (Fsp3) is 0.500. The van der Waals surface area contributed by atoms with Crippen LogP contribution in [-0.4, -0.2) is 42.4 Å². The van der Waals surface area contributed by atoms with Gasteiger partial charge in [0, 0.05) is 31.3 Å². The third kappa shape index (κ3) is 3.54. The second kappa shape index (κ2) is 6.47. The predicted octanol–water partition coefficient (Wildman–Crippen LogP) is 1.67. The molecule has 1 saturated heterocycles. The lowest BCUT2D eigenvalue weighted by atomic mass is 9.99. The fourth-order valence-corrected chi connectivity index (χ4v) is 2.52. The number of amides is 1. The van der Waals surface area contributed by atoms with Gasteiger partial charge in [0.2, 0.25) is 0 Å². The molecule has 1 aliphatic rings. The normalized spacial score (nSPS) is 18.6. The maximum Gasteiger partial charge on any atom is 0.270 e. The molecule has 6 nitrogen and oxygen atoms in total. The molecule has 1 aromatic carbocycles. The van der Waals surface area contributed by atoms with E-state index in [0.717, 1.165) is 25.9 Å². The number of nitro groups is 1. The minimum absolute atomic E-state index is 0.0522. The van der Waals surface area contributed by atoms with E-state index < -0.39 is 4.92 Å². The van der Waals surface area contributed by atoms with Crippen LogP contribution in [0.5, 0.6) is 0 Å². The molecule has 1 aliphatic heterocycles. The van der Waals surface area contributed by atoms with Crippen molar-refractivity contribution in [2.45, 2.75) is 12.8 Å². The monoisotopic (exact) mass is 277 g/mol. The van der Waals surface area contributed by atoms with Crippen molar-refractivity contribution < 1.29 is 9.72 Å². The summed E-state index contributed by atoms with van der Waals surface area (Å²) in [6.07, 6.45) is 2.24. The molecule has 1 amide bonds. The lowest BCUT2D eigenvalue weighted by molar-refractivity contribution is -0.384. The number of piperidine rings is 1. The Hall–Kier alpha value is -1.95. The third-order valence-corrected chi connectivity index (χ3v) is 3.58. The van der Waals surface area contributed by atoms with E-state index in [9.17, 15) is 14.9 Å². The van der Waals surface area contributed by atoms with E-state index in [1.54, 1.807) is 24.1 Å². The summed E-state index contributed by atoms with van der Waals surface area (Å²) in [5.41, 5.74) is 0.314. The van der Waals surface area contributed by atoms with Crippen LogP contribution >= 0.6 is 0 Å². The zero-order chi connectivity index (χ0) is 14.5. The van der Waals surface area contributed by atoms with E-state index in [1.165, 1.54) is 12.1 Å². The van der Waals surface area contributed by atoms with Gasteiger partial charge in [-0.2, -0.15) is 0 Å². The molecule has 1 aromatic rings. The summed E-state index contributed by atoms with van der Waals surface area (Å²) in [4.78, 5) is 24.2. The quantitative estimate of drug-likeness (QED) is 0.671. The molecule has 1 unspecified atom stereocenters. The number of hydrogen-bond acceptors (Lipinski definition) is 4. The highest BCUT2D eigenvalue weighted by molar-refractivity contribution is 5.94. The van der Waals surface area contributed by atoms with Crippen molar-refractivity contribution in [3.8, 4) is 0 Å². The van der Waals surface area contributed by atoms with Crippen LogP contribution in [0.4, 0.5) is 5.69 Å². The Kier molecular flexibility index (Phi) is 4.68. The van der Waals surface area contributed by atoms with E-state index in [0.29, 0.717) is 18.0 Å². The summed E-state index contributed by atoms with van der Waals surface area (Å²) in [7, 11) is 1.75. The van der Waals surface area contributed by atoms with Crippen molar-refractivity contribution in [1.29, 1.82) is 0 Å². The maximum atomic E-state index is 12.3. The van der Waals surface area contributed by atoms with Crippen molar-refractivity contribution in [2.24, 2.45) is 5.92 Å². The second-order valence-electron chi connectivity index (χ2n) is 5.21. The fourth-order valence-electron chi connectivity index (χ4n) is 2.52. The molecule has 1 heterocycles. The van der Waals surface area contributed by atoms with Gasteiger partial charge in [0.15, 0.2) is 0 Å². The Balaban J connectivity index is 2.02. The van der Waals surface area contributed by atoms with E-state index >= 15 is 0 Å². The zero-order valence-corrected chi connectivity index (χ0v) is 11.5. The van der Waals surface area contributed by atoms with Gasteiger partial charge in [0.1, 0.15) is 0 Å². The van der Waals surface area contributed by atoms with Gasteiger partial charge < -0.3 is 10.2 Å². The molecule has 0 saturated carbocycles. The Labute approximate surface area is 117 Å². The molecule has 0 radical (unpaired) electrons. The van der Waals surface area contributed by atoms with Crippen molar-refractivity contribution in [1.82, 2.24) is 10.2 Å². The molecule has 2 rings (SSSR count). The molecular formula is C14H19N3O3. The van der Waals surface area contributed by atoms with E-state index in [2.05, 4.69) is 5.32 Å². The Morgan fingerprint density at radius 3 is 3.00 bits per heavy atom. The van der Waals surface area contributed by atoms with Crippen molar-refractivity contribution in [3.63, 3.8) is 0 Å². The van der Waals surface area contributed by atoms with Crippen LogP contribution in [0.15, 0.2) is 24.3 Å². The number of benzene rings is 1. The maximum absolute atomic E-state index is 12.3. The smallest absolute Gasteiger partial charge is 0.270 e. The summed E-state index contributed by atoms with van der Waals surface area (Å²) in [6, 6.07) is 5.88. The van der Waals surface area contributed by atoms with Gasteiger partial charge >= 0.3 is 0 Å².